The maximum absolute atomic E-state index is 12.6. The third kappa shape index (κ3) is 5.93. The van der Waals surface area contributed by atoms with Crippen LogP contribution in [0.1, 0.15) is 43.4 Å². The highest BCUT2D eigenvalue weighted by Gasteiger charge is 2.20. The molecule has 0 saturated carbocycles. The first-order valence-corrected chi connectivity index (χ1v) is 9.07. The van der Waals surface area contributed by atoms with Crippen LogP contribution in [0.15, 0.2) is 48.5 Å². The molecule has 0 heterocycles. The molecule has 2 aromatic rings. The van der Waals surface area contributed by atoms with Gasteiger partial charge in [-0.05, 0) is 62.8 Å². The standard InChI is InChI=1S/C22H29NO2/c1-5-20(25-21-15-16(2)11-12-17(21)3)22(24)23-18(4)13-14-19-9-7-6-8-10-19/h6-12,15,18,20H,5,13-14H2,1-4H3,(H,23,24)/t18-,20-/m1/s1. The maximum atomic E-state index is 12.6. The van der Waals surface area contributed by atoms with Crippen LogP contribution in [0.3, 0.4) is 0 Å². The van der Waals surface area contributed by atoms with E-state index in [0.717, 1.165) is 29.7 Å². The van der Waals surface area contributed by atoms with Gasteiger partial charge in [-0.15, -0.1) is 0 Å². The molecule has 0 aliphatic rings. The molecule has 3 heteroatoms. The van der Waals surface area contributed by atoms with E-state index in [1.807, 2.05) is 58.0 Å². The molecule has 3 nitrogen and oxygen atoms in total. The average Bonchev–Trinajstić information content (AvgIpc) is 2.61. The van der Waals surface area contributed by atoms with Crippen molar-refractivity contribution in [2.75, 3.05) is 0 Å². The molecule has 0 saturated heterocycles. The van der Waals surface area contributed by atoms with Gasteiger partial charge >= 0.3 is 0 Å². The first-order chi connectivity index (χ1) is 12.0. The summed E-state index contributed by atoms with van der Waals surface area (Å²) in [6.45, 7) is 8.05. The SMILES string of the molecule is CC[C@@H](Oc1cc(C)ccc1C)C(=O)N[C@H](C)CCc1ccccc1. The van der Waals surface area contributed by atoms with E-state index in [2.05, 4.69) is 23.5 Å². The molecule has 0 bridgehead atoms. The predicted molar refractivity (Wildman–Crippen MR) is 103 cm³/mol. The topological polar surface area (TPSA) is 38.3 Å². The van der Waals surface area contributed by atoms with E-state index in [9.17, 15) is 4.79 Å². The Balaban J connectivity index is 1.89. The van der Waals surface area contributed by atoms with Gasteiger partial charge in [0.25, 0.3) is 5.91 Å². The highest BCUT2D eigenvalue weighted by Crippen LogP contribution is 2.21. The van der Waals surface area contributed by atoms with Crippen molar-refractivity contribution in [2.45, 2.75) is 59.1 Å². The molecule has 2 rings (SSSR count). The Labute approximate surface area is 151 Å². The maximum Gasteiger partial charge on any atom is 0.261 e. The number of hydrogen-bond donors (Lipinski definition) is 1. The molecule has 0 aromatic heterocycles. The zero-order valence-corrected chi connectivity index (χ0v) is 15.7. The Hall–Kier alpha value is -2.29. The number of carbonyl (C=O) groups is 1. The van der Waals surface area contributed by atoms with Gasteiger partial charge in [0, 0.05) is 6.04 Å². The molecule has 1 amide bonds. The molecule has 2 atom stereocenters. The van der Waals surface area contributed by atoms with Crippen LogP contribution in [0.2, 0.25) is 0 Å². The molecule has 0 unspecified atom stereocenters. The van der Waals surface area contributed by atoms with E-state index in [1.54, 1.807) is 0 Å². The average molecular weight is 339 g/mol. The Bertz CT molecular complexity index is 682. The largest absolute Gasteiger partial charge is 0.480 e. The minimum atomic E-state index is -0.459. The molecule has 25 heavy (non-hydrogen) atoms. The van der Waals surface area contributed by atoms with Crippen molar-refractivity contribution in [1.29, 1.82) is 0 Å². The van der Waals surface area contributed by atoms with Crippen molar-refractivity contribution in [3.8, 4) is 5.75 Å². The van der Waals surface area contributed by atoms with Gasteiger partial charge in [0.1, 0.15) is 5.75 Å². The Morgan fingerprint density at radius 1 is 1.12 bits per heavy atom. The number of nitrogens with one attached hydrogen (secondary N) is 1. The lowest BCUT2D eigenvalue weighted by atomic mass is 10.1. The summed E-state index contributed by atoms with van der Waals surface area (Å²) < 4.78 is 5.99. The van der Waals surface area contributed by atoms with E-state index in [-0.39, 0.29) is 11.9 Å². The van der Waals surface area contributed by atoms with Gasteiger partial charge in [-0.25, -0.2) is 0 Å². The molecule has 0 aliphatic heterocycles. The van der Waals surface area contributed by atoms with Gasteiger partial charge in [0.15, 0.2) is 6.10 Å². The van der Waals surface area contributed by atoms with Crippen molar-refractivity contribution in [2.24, 2.45) is 0 Å². The molecule has 0 aliphatic carbocycles. The Morgan fingerprint density at radius 2 is 1.84 bits per heavy atom. The van der Waals surface area contributed by atoms with E-state index in [1.165, 1.54) is 5.56 Å². The summed E-state index contributed by atoms with van der Waals surface area (Å²) in [5, 5.41) is 3.09. The summed E-state index contributed by atoms with van der Waals surface area (Å²) in [4.78, 5) is 12.6. The summed E-state index contributed by atoms with van der Waals surface area (Å²) in [7, 11) is 0. The van der Waals surface area contributed by atoms with E-state index in [0.29, 0.717) is 6.42 Å². The lowest BCUT2D eigenvalue weighted by Gasteiger charge is -2.21. The Morgan fingerprint density at radius 3 is 2.52 bits per heavy atom. The smallest absolute Gasteiger partial charge is 0.261 e. The van der Waals surface area contributed by atoms with Crippen LogP contribution < -0.4 is 10.1 Å². The van der Waals surface area contributed by atoms with Crippen molar-refractivity contribution in [1.82, 2.24) is 5.32 Å². The minimum Gasteiger partial charge on any atom is -0.480 e. The van der Waals surface area contributed by atoms with Gasteiger partial charge in [0.05, 0.1) is 0 Å². The van der Waals surface area contributed by atoms with Crippen molar-refractivity contribution >= 4 is 5.91 Å². The number of ether oxygens (including phenoxy) is 1. The van der Waals surface area contributed by atoms with Gasteiger partial charge in [-0.1, -0.05) is 49.4 Å². The second-order valence-corrected chi connectivity index (χ2v) is 6.72. The first-order valence-electron chi connectivity index (χ1n) is 9.07. The minimum absolute atomic E-state index is 0.0380. The van der Waals surface area contributed by atoms with Crippen LogP contribution in [0.25, 0.3) is 0 Å². The summed E-state index contributed by atoms with van der Waals surface area (Å²) in [5.41, 5.74) is 3.48. The van der Waals surface area contributed by atoms with Crippen molar-refractivity contribution in [3.63, 3.8) is 0 Å². The molecule has 1 N–H and O–H groups in total. The van der Waals surface area contributed by atoms with Crippen LogP contribution in [-0.2, 0) is 11.2 Å². The second-order valence-electron chi connectivity index (χ2n) is 6.72. The highest BCUT2D eigenvalue weighted by atomic mass is 16.5. The number of amides is 1. The molecule has 0 fully saturated rings. The highest BCUT2D eigenvalue weighted by molar-refractivity contribution is 5.81. The zero-order chi connectivity index (χ0) is 18.2. The predicted octanol–water partition coefficient (Wildman–Crippen LogP) is 4.60. The third-order valence-corrected chi connectivity index (χ3v) is 4.37. The quantitative estimate of drug-likeness (QED) is 0.763. The van der Waals surface area contributed by atoms with E-state index < -0.39 is 6.10 Å². The zero-order valence-electron chi connectivity index (χ0n) is 15.7. The van der Waals surface area contributed by atoms with Gasteiger partial charge in [-0.2, -0.15) is 0 Å². The first kappa shape index (κ1) is 19.0. The van der Waals surface area contributed by atoms with Crippen LogP contribution in [-0.4, -0.2) is 18.1 Å². The molecule has 134 valence electrons. The summed E-state index contributed by atoms with van der Waals surface area (Å²) in [6, 6.07) is 16.5. The fourth-order valence-corrected chi connectivity index (χ4v) is 2.75. The van der Waals surface area contributed by atoms with Crippen molar-refractivity contribution in [3.05, 3.63) is 65.2 Å². The van der Waals surface area contributed by atoms with Crippen molar-refractivity contribution < 1.29 is 9.53 Å². The van der Waals surface area contributed by atoms with E-state index >= 15 is 0 Å². The third-order valence-electron chi connectivity index (χ3n) is 4.37. The summed E-state index contributed by atoms with van der Waals surface area (Å²) >= 11 is 0. The number of benzene rings is 2. The van der Waals surface area contributed by atoms with Gasteiger partial charge < -0.3 is 10.1 Å². The molecule has 0 spiro atoms. The van der Waals surface area contributed by atoms with Gasteiger partial charge in [0.2, 0.25) is 0 Å². The van der Waals surface area contributed by atoms with E-state index in [4.69, 9.17) is 4.74 Å². The Kier molecular flexibility index (Phi) is 7.05. The normalized spacial score (nSPS) is 13.1. The molecular formula is C22H29NO2. The van der Waals surface area contributed by atoms with Crippen LogP contribution >= 0.6 is 0 Å². The van der Waals surface area contributed by atoms with Crippen LogP contribution in [0.5, 0.6) is 5.75 Å². The molecule has 2 aromatic carbocycles. The number of aryl methyl sites for hydroxylation is 3. The summed E-state index contributed by atoms with van der Waals surface area (Å²) in [5.74, 6) is 0.753. The molecular weight excluding hydrogens is 310 g/mol. The second kappa shape index (κ2) is 9.26. The number of rotatable bonds is 8. The van der Waals surface area contributed by atoms with Crippen LogP contribution in [0, 0.1) is 13.8 Å². The summed E-state index contributed by atoms with van der Waals surface area (Å²) in [6.07, 6.45) is 2.05. The lowest BCUT2D eigenvalue weighted by molar-refractivity contribution is -0.128. The monoisotopic (exact) mass is 339 g/mol. The fourth-order valence-electron chi connectivity index (χ4n) is 2.75. The molecule has 0 radical (unpaired) electrons. The fraction of sp³-hybridized carbons (Fsp3) is 0.409. The number of carbonyl (C=O) groups excluding carboxylic acids is 1. The van der Waals surface area contributed by atoms with Crippen LogP contribution in [0.4, 0.5) is 0 Å². The number of hydrogen-bond acceptors (Lipinski definition) is 2. The lowest BCUT2D eigenvalue weighted by Crippen LogP contribution is -2.42. The van der Waals surface area contributed by atoms with Gasteiger partial charge in [-0.3, -0.25) is 4.79 Å².